The molecule has 0 amide bonds. The second-order valence-corrected chi connectivity index (χ2v) is 5.42. The predicted octanol–water partition coefficient (Wildman–Crippen LogP) is 3.32. The summed E-state index contributed by atoms with van der Waals surface area (Å²) in [5.41, 5.74) is 0.684. The van der Waals surface area contributed by atoms with E-state index in [4.69, 9.17) is 0 Å². The molecule has 6 heteroatoms. The first-order valence-corrected chi connectivity index (χ1v) is 6.14. The van der Waals surface area contributed by atoms with E-state index in [0.717, 1.165) is 17.8 Å². The lowest BCUT2D eigenvalue weighted by Gasteiger charge is -2.21. The number of fused-ring (bicyclic) bond motifs is 1. The van der Waals surface area contributed by atoms with E-state index in [1.165, 1.54) is 6.20 Å². The van der Waals surface area contributed by atoms with Crippen LogP contribution in [0.5, 0.6) is 0 Å². The topological polar surface area (TPSA) is 29.0 Å². The Morgan fingerprint density at radius 1 is 1.05 bits per heavy atom. The van der Waals surface area contributed by atoms with Gasteiger partial charge in [0.05, 0.1) is 5.69 Å². The summed E-state index contributed by atoms with van der Waals surface area (Å²) in [7, 11) is 0. The molecule has 1 aliphatic heterocycles. The summed E-state index contributed by atoms with van der Waals surface area (Å²) in [5.74, 6) is -3.35. The summed E-state index contributed by atoms with van der Waals surface area (Å²) in [5, 5.41) is 0. The first kappa shape index (κ1) is 12.9. The van der Waals surface area contributed by atoms with E-state index in [-0.39, 0.29) is 11.1 Å². The third-order valence-electron chi connectivity index (χ3n) is 3.41. The van der Waals surface area contributed by atoms with Gasteiger partial charge in [-0.05, 0) is 0 Å². The fourth-order valence-corrected chi connectivity index (χ4v) is 2.46. The van der Waals surface area contributed by atoms with E-state index in [2.05, 4.69) is 9.97 Å². The van der Waals surface area contributed by atoms with Crippen molar-refractivity contribution in [3.63, 3.8) is 0 Å². The van der Waals surface area contributed by atoms with Gasteiger partial charge in [0, 0.05) is 42.2 Å². The zero-order valence-corrected chi connectivity index (χ0v) is 11.0. The van der Waals surface area contributed by atoms with Gasteiger partial charge in [0.2, 0.25) is 0 Å². The third-order valence-corrected chi connectivity index (χ3v) is 3.41. The Balaban J connectivity index is 2.14. The largest absolute Gasteiger partial charge is 0.324 e. The van der Waals surface area contributed by atoms with Gasteiger partial charge in [-0.25, -0.2) is 18.2 Å². The van der Waals surface area contributed by atoms with Crippen LogP contribution < -0.4 is 4.90 Å². The highest BCUT2D eigenvalue weighted by atomic mass is 19.2. The van der Waals surface area contributed by atoms with Crippen molar-refractivity contribution in [1.82, 2.24) is 9.97 Å². The molecule has 0 radical (unpaired) electrons. The highest BCUT2D eigenvalue weighted by Gasteiger charge is 2.38. The quantitative estimate of drug-likeness (QED) is 0.750. The van der Waals surface area contributed by atoms with Crippen LogP contribution in [-0.2, 0) is 5.41 Å². The average molecular weight is 279 g/mol. The van der Waals surface area contributed by atoms with Gasteiger partial charge in [0.15, 0.2) is 23.3 Å². The molecule has 0 unspecified atom stereocenters. The average Bonchev–Trinajstić information content (AvgIpc) is 2.68. The van der Waals surface area contributed by atoms with Crippen LogP contribution in [0.4, 0.5) is 24.7 Å². The molecule has 0 N–H and O–H groups in total. The van der Waals surface area contributed by atoms with Crippen LogP contribution in [0.1, 0.15) is 19.5 Å². The summed E-state index contributed by atoms with van der Waals surface area (Å²) < 4.78 is 39.8. The zero-order valence-electron chi connectivity index (χ0n) is 11.0. The van der Waals surface area contributed by atoms with Crippen LogP contribution in [0.3, 0.4) is 0 Å². The molecule has 1 aliphatic rings. The Morgan fingerprint density at radius 2 is 1.65 bits per heavy atom. The monoisotopic (exact) mass is 279 g/mol. The second-order valence-electron chi connectivity index (χ2n) is 5.42. The van der Waals surface area contributed by atoms with Crippen molar-refractivity contribution in [3.8, 4) is 0 Å². The highest BCUT2D eigenvalue weighted by molar-refractivity contribution is 5.67. The van der Waals surface area contributed by atoms with Crippen molar-refractivity contribution in [1.29, 1.82) is 0 Å². The third kappa shape index (κ3) is 1.83. The number of rotatable bonds is 1. The molecule has 3 nitrogen and oxygen atoms in total. The highest BCUT2D eigenvalue weighted by Crippen LogP contribution is 2.41. The van der Waals surface area contributed by atoms with E-state index in [1.54, 1.807) is 11.1 Å². The number of hydrogen-bond acceptors (Lipinski definition) is 3. The first-order chi connectivity index (χ1) is 9.40. The van der Waals surface area contributed by atoms with Crippen LogP contribution >= 0.6 is 0 Å². The summed E-state index contributed by atoms with van der Waals surface area (Å²) in [6.07, 6.45) is 3.10. The van der Waals surface area contributed by atoms with Gasteiger partial charge >= 0.3 is 0 Å². The SMILES string of the molecule is CC1(C)CN(c2cc(F)c(F)c(F)c2)c2nccnc21. The van der Waals surface area contributed by atoms with Crippen molar-refractivity contribution in [3.05, 3.63) is 47.7 Å². The van der Waals surface area contributed by atoms with Crippen molar-refractivity contribution in [2.24, 2.45) is 0 Å². The molecule has 1 aromatic carbocycles. The molecular formula is C14H12F3N3. The number of halogens is 3. The number of nitrogens with zero attached hydrogens (tertiary/aromatic N) is 3. The van der Waals surface area contributed by atoms with E-state index in [1.807, 2.05) is 13.8 Å². The molecule has 0 spiro atoms. The summed E-state index contributed by atoms with van der Waals surface area (Å²) in [6.45, 7) is 4.41. The van der Waals surface area contributed by atoms with Crippen LogP contribution in [0.25, 0.3) is 0 Å². The van der Waals surface area contributed by atoms with Crippen molar-refractivity contribution < 1.29 is 13.2 Å². The molecule has 0 saturated carbocycles. The maximum Gasteiger partial charge on any atom is 0.194 e. The Hall–Kier alpha value is -2.11. The molecule has 0 bridgehead atoms. The number of benzene rings is 1. The van der Waals surface area contributed by atoms with Crippen LogP contribution in [0.2, 0.25) is 0 Å². The molecule has 0 atom stereocenters. The normalized spacial score (nSPS) is 16.4. The van der Waals surface area contributed by atoms with Crippen molar-refractivity contribution >= 4 is 11.5 Å². The molecule has 2 heterocycles. The molecule has 2 aromatic rings. The molecule has 1 aromatic heterocycles. The van der Waals surface area contributed by atoms with Gasteiger partial charge in [-0.1, -0.05) is 13.8 Å². The number of aromatic nitrogens is 2. The lowest BCUT2D eigenvalue weighted by Crippen LogP contribution is -2.25. The van der Waals surface area contributed by atoms with E-state index < -0.39 is 17.5 Å². The zero-order chi connectivity index (χ0) is 14.5. The number of anilines is 2. The maximum absolute atomic E-state index is 13.4. The van der Waals surface area contributed by atoms with Crippen molar-refractivity contribution in [2.45, 2.75) is 19.3 Å². The molecule has 0 saturated heterocycles. The number of hydrogen-bond donors (Lipinski definition) is 0. The van der Waals surface area contributed by atoms with Gasteiger partial charge in [0.1, 0.15) is 0 Å². The molecule has 3 rings (SSSR count). The minimum atomic E-state index is -1.47. The fourth-order valence-electron chi connectivity index (χ4n) is 2.46. The minimum absolute atomic E-state index is 0.230. The second kappa shape index (κ2) is 4.19. The van der Waals surface area contributed by atoms with Gasteiger partial charge in [-0.3, -0.25) is 4.98 Å². The lowest BCUT2D eigenvalue weighted by atomic mass is 9.92. The van der Waals surface area contributed by atoms with Crippen LogP contribution in [-0.4, -0.2) is 16.5 Å². The van der Waals surface area contributed by atoms with Crippen molar-refractivity contribution in [2.75, 3.05) is 11.4 Å². The standard InChI is InChI=1S/C14H12F3N3/c1-14(2)7-20(13-12(14)18-3-4-19-13)8-5-9(15)11(17)10(16)6-8/h3-6H,7H2,1-2H3. The summed E-state index contributed by atoms with van der Waals surface area (Å²) in [4.78, 5) is 10.2. The molecular weight excluding hydrogens is 267 g/mol. The van der Waals surface area contributed by atoms with Gasteiger partial charge in [0.25, 0.3) is 0 Å². The molecule has 104 valence electrons. The molecule has 0 fully saturated rings. The minimum Gasteiger partial charge on any atom is -0.324 e. The van der Waals surface area contributed by atoms with Crippen LogP contribution in [0, 0.1) is 17.5 Å². The Kier molecular flexibility index (Phi) is 2.70. The smallest absolute Gasteiger partial charge is 0.194 e. The fraction of sp³-hybridized carbons (Fsp3) is 0.286. The summed E-state index contributed by atoms with van der Waals surface area (Å²) >= 11 is 0. The van der Waals surface area contributed by atoms with E-state index in [9.17, 15) is 13.2 Å². The Bertz CT molecular complexity index is 662. The maximum atomic E-state index is 13.4. The lowest BCUT2D eigenvalue weighted by molar-refractivity contribution is 0.447. The summed E-state index contributed by atoms with van der Waals surface area (Å²) in [6, 6.07) is 1.94. The Labute approximate surface area is 114 Å². The van der Waals surface area contributed by atoms with E-state index >= 15 is 0 Å². The predicted molar refractivity (Wildman–Crippen MR) is 68.4 cm³/mol. The van der Waals surface area contributed by atoms with Gasteiger partial charge in [-0.2, -0.15) is 0 Å². The van der Waals surface area contributed by atoms with Gasteiger partial charge < -0.3 is 4.90 Å². The first-order valence-electron chi connectivity index (χ1n) is 6.14. The molecule has 0 aliphatic carbocycles. The Morgan fingerprint density at radius 3 is 2.30 bits per heavy atom. The van der Waals surface area contributed by atoms with Gasteiger partial charge in [-0.15, -0.1) is 0 Å². The van der Waals surface area contributed by atoms with E-state index in [0.29, 0.717) is 12.4 Å². The van der Waals surface area contributed by atoms with Crippen LogP contribution in [0.15, 0.2) is 24.5 Å². The molecule has 20 heavy (non-hydrogen) atoms.